The Hall–Kier alpha value is -3.33. The Morgan fingerprint density at radius 1 is 1.17 bits per heavy atom. The van der Waals surface area contributed by atoms with Gasteiger partial charge in [-0.3, -0.25) is 14.9 Å². The van der Waals surface area contributed by atoms with Crippen LogP contribution in [0.15, 0.2) is 47.5 Å². The minimum atomic E-state index is -4.26. The van der Waals surface area contributed by atoms with Crippen LogP contribution in [0, 0.1) is 5.82 Å². The highest BCUT2D eigenvalue weighted by molar-refractivity contribution is 7.89. The van der Waals surface area contributed by atoms with Gasteiger partial charge >= 0.3 is 6.09 Å². The third-order valence-electron chi connectivity index (χ3n) is 6.07. The molecule has 0 spiro atoms. The van der Waals surface area contributed by atoms with Crippen LogP contribution < -0.4 is 10.2 Å². The summed E-state index contributed by atoms with van der Waals surface area (Å²) in [5.41, 5.74) is 1.52. The second-order valence-corrected chi connectivity index (χ2v) is 10.1. The largest absolute Gasteiger partial charge is 0.447 e. The highest BCUT2D eigenvalue weighted by Gasteiger charge is 2.55. The number of amides is 2. The van der Waals surface area contributed by atoms with Gasteiger partial charge in [0.05, 0.1) is 18.8 Å². The lowest BCUT2D eigenvalue weighted by molar-refractivity contribution is -0.136. The third kappa shape index (κ3) is 5.11. The number of rotatable bonds is 8. The van der Waals surface area contributed by atoms with E-state index in [1.807, 2.05) is 0 Å². The first-order valence-electron chi connectivity index (χ1n) is 11.1. The number of aromatic nitrogens is 1. The van der Waals surface area contributed by atoms with Gasteiger partial charge in [-0.25, -0.2) is 28.1 Å². The van der Waals surface area contributed by atoms with Crippen LogP contribution in [0.4, 0.5) is 9.18 Å². The molecule has 2 saturated heterocycles. The smallest absolute Gasteiger partial charge is 0.410 e. The zero-order chi connectivity index (χ0) is 25.9. The molecule has 1 aromatic heterocycles. The van der Waals surface area contributed by atoms with Crippen LogP contribution in [-0.4, -0.2) is 84.8 Å². The van der Waals surface area contributed by atoms with Crippen molar-refractivity contribution in [3.63, 3.8) is 0 Å². The van der Waals surface area contributed by atoms with Crippen molar-refractivity contribution in [1.29, 1.82) is 0 Å². The monoisotopic (exact) mass is 524 g/mol. The van der Waals surface area contributed by atoms with Crippen molar-refractivity contribution >= 4 is 22.0 Å². The fourth-order valence-corrected chi connectivity index (χ4v) is 6.04. The SMILES string of the molecule is COCCOC(=O)N1[C@@H]2CC[C@H]1[C@H](C(=O)NO)N(S(=O)(=O)c1ccc(Oc3ccc(F)cc3)nc1)C2. The number of nitrogens with zero attached hydrogens (tertiary/aromatic N) is 3. The molecule has 4 rings (SSSR count). The maximum atomic E-state index is 13.5. The van der Waals surface area contributed by atoms with E-state index in [1.165, 1.54) is 53.9 Å². The number of ether oxygens (including phenoxy) is 3. The molecule has 0 aliphatic carbocycles. The topological polar surface area (TPSA) is 148 Å². The van der Waals surface area contributed by atoms with Crippen molar-refractivity contribution in [2.24, 2.45) is 0 Å². The Morgan fingerprint density at radius 2 is 1.92 bits per heavy atom. The van der Waals surface area contributed by atoms with Crippen molar-refractivity contribution in [2.45, 2.75) is 35.9 Å². The summed E-state index contributed by atoms with van der Waals surface area (Å²) < 4.78 is 56.7. The van der Waals surface area contributed by atoms with Gasteiger partial charge in [-0.15, -0.1) is 0 Å². The molecule has 2 amide bonds. The van der Waals surface area contributed by atoms with Crippen LogP contribution >= 0.6 is 0 Å². The van der Waals surface area contributed by atoms with E-state index in [1.54, 1.807) is 0 Å². The zero-order valence-corrected chi connectivity index (χ0v) is 20.1. The summed E-state index contributed by atoms with van der Waals surface area (Å²) in [5.74, 6) is -1.02. The number of hydroxylamine groups is 1. The Labute approximate surface area is 206 Å². The Bertz CT molecular complexity index is 1200. The van der Waals surface area contributed by atoms with E-state index in [0.717, 1.165) is 10.5 Å². The van der Waals surface area contributed by atoms with Gasteiger partial charge in [0.25, 0.3) is 5.91 Å². The number of hydrogen-bond donors (Lipinski definition) is 2. The number of hydrogen-bond acceptors (Lipinski definition) is 9. The van der Waals surface area contributed by atoms with E-state index in [4.69, 9.17) is 14.2 Å². The number of carbonyl (C=O) groups is 2. The van der Waals surface area contributed by atoms with Crippen molar-refractivity contribution in [3.8, 4) is 11.6 Å². The van der Waals surface area contributed by atoms with Gasteiger partial charge in [0.2, 0.25) is 15.9 Å². The van der Waals surface area contributed by atoms with Crippen LogP contribution in [0.3, 0.4) is 0 Å². The van der Waals surface area contributed by atoms with Gasteiger partial charge in [0, 0.05) is 25.8 Å². The molecule has 1 aromatic carbocycles. The number of carbonyl (C=O) groups excluding carboxylic acids is 2. The maximum Gasteiger partial charge on any atom is 0.410 e. The minimum absolute atomic E-state index is 0.00214. The lowest BCUT2D eigenvalue weighted by Crippen LogP contribution is -2.66. The number of pyridine rings is 1. The number of nitrogens with one attached hydrogen (secondary N) is 1. The minimum Gasteiger partial charge on any atom is -0.447 e. The van der Waals surface area contributed by atoms with Gasteiger partial charge in [-0.2, -0.15) is 4.31 Å². The number of benzene rings is 1. The molecule has 0 unspecified atom stereocenters. The molecule has 3 heterocycles. The van der Waals surface area contributed by atoms with Gasteiger partial charge in [-0.05, 0) is 43.2 Å². The molecule has 36 heavy (non-hydrogen) atoms. The van der Waals surface area contributed by atoms with Crippen molar-refractivity contribution in [2.75, 3.05) is 26.9 Å². The molecule has 14 heteroatoms. The lowest BCUT2D eigenvalue weighted by atomic mass is 10.1. The molecule has 2 aliphatic heterocycles. The highest BCUT2D eigenvalue weighted by atomic mass is 32.2. The number of piperazine rings is 1. The van der Waals surface area contributed by atoms with Gasteiger partial charge in [0.15, 0.2) is 0 Å². The van der Waals surface area contributed by atoms with E-state index < -0.39 is 46.0 Å². The summed E-state index contributed by atoms with van der Waals surface area (Å²) in [6.45, 7) is 0.0101. The molecule has 2 bridgehead atoms. The van der Waals surface area contributed by atoms with Gasteiger partial charge in [-0.1, -0.05) is 0 Å². The maximum absolute atomic E-state index is 13.5. The standard InChI is InChI=1S/C22H25FN4O8S/c1-33-10-11-34-22(29)27-15-4-8-18(27)20(21(28)25-30)26(13-15)36(31,32)17-7-9-19(24-12-17)35-16-5-2-14(23)3-6-16/h2-3,5-7,9,12,15,18,20,30H,4,8,10-11,13H2,1H3,(H,25,28)/t15-,18+,20-/m1/s1. The van der Waals surface area contributed by atoms with Crippen LogP contribution in [0.25, 0.3) is 0 Å². The molecular formula is C22H25FN4O8S. The summed E-state index contributed by atoms with van der Waals surface area (Å²) in [7, 11) is -2.81. The molecule has 12 nitrogen and oxygen atoms in total. The van der Waals surface area contributed by atoms with Crippen LogP contribution in [0.2, 0.25) is 0 Å². The molecule has 0 saturated carbocycles. The van der Waals surface area contributed by atoms with Gasteiger partial charge in [0.1, 0.15) is 29.1 Å². The van der Waals surface area contributed by atoms with Crippen LogP contribution in [-0.2, 0) is 24.3 Å². The molecule has 0 radical (unpaired) electrons. The average molecular weight is 525 g/mol. The van der Waals surface area contributed by atoms with Gasteiger partial charge < -0.3 is 14.2 Å². The van der Waals surface area contributed by atoms with E-state index in [2.05, 4.69) is 4.98 Å². The number of halogens is 1. The second-order valence-electron chi connectivity index (χ2n) is 8.20. The summed E-state index contributed by atoms with van der Waals surface area (Å²) in [4.78, 5) is 30.5. The fraction of sp³-hybridized carbons (Fsp3) is 0.409. The van der Waals surface area contributed by atoms with E-state index in [0.29, 0.717) is 18.6 Å². The number of fused-ring (bicyclic) bond motifs is 2. The predicted molar refractivity (Wildman–Crippen MR) is 120 cm³/mol. The number of sulfonamides is 1. The van der Waals surface area contributed by atoms with Crippen LogP contribution in [0.1, 0.15) is 12.8 Å². The Balaban J connectivity index is 1.56. The Kier molecular flexibility index (Phi) is 7.68. The number of methoxy groups -OCH3 is 1. The highest BCUT2D eigenvalue weighted by Crippen LogP contribution is 2.38. The molecule has 2 N–H and O–H groups in total. The predicted octanol–water partition coefficient (Wildman–Crippen LogP) is 1.51. The first-order chi connectivity index (χ1) is 17.3. The molecular weight excluding hydrogens is 499 g/mol. The molecule has 2 fully saturated rings. The Morgan fingerprint density at radius 3 is 2.56 bits per heavy atom. The summed E-state index contributed by atoms with van der Waals surface area (Å²) in [6.07, 6.45) is 1.19. The lowest BCUT2D eigenvalue weighted by Gasteiger charge is -2.44. The van der Waals surface area contributed by atoms with Crippen molar-refractivity contribution < 1.29 is 41.8 Å². The third-order valence-corrected chi connectivity index (χ3v) is 7.90. The molecule has 2 aliphatic rings. The molecule has 2 aromatic rings. The summed E-state index contributed by atoms with van der Waals surface area (Å²) in [5, 5.41) is 9.34. The van der Waals surface area contributed by atoms with Crippen molar-refractivity contribution in [1.82, 2.24) is 19.7 Å². The van der Waals surface area contributed by atoms with E-state index >= 15 is 0 Å². The fourth-order valence-electron chi connectivity index (χ4n) is 4.44. The quantitative estimate of drug-likeness (QED) is 0.298. The van der Waals surface area contributed by atoms with E-state index in [9.17, 15) is 27.6 Å². The average Bonchev–Trinajstić information content (AvgIpc) is 3.18. The first kappa shape index (κ1) is 25.8. The normalized spacial score (nSPS) is 21.8. The second kappa shape index (κ2) is 10.7. The summed E-state index contributed by atoms with van der Waals surface area (Å²) in [6, 6.07) is 5.07. The molecule has 3 atom stereocenters. The first-order valence-corrected chi connectivity index (χ1v) is 12.5. The van der Waals surface area contributed by atoms with Crippen molar-refractivity contribution in [3.05, 3.63) is 48.4 Å². The zero-order valence-electron chi connectivity index (χ0n) is 19.2. The molecule has 194 valence electrons. The van der Waals surface area contributed by atoms with E-state index in [-0.39, 0.29) is 30.5 Å². The summed E-state index contributed by atoms with van der Waals surface area (Å²) >= 11 is 0. The van der Waals surface area contributed by atoms with Crippen LogP contribution in [0.5, 0.6) is 11.6 Å².